The van der Waals surface area contributed by atoms with Crippen LogP contribution in [0.1, 0.15) is 29.7 Å². The molecule has 1 unspecified atom stereocenters. The minimum absolute atomic E-state index is 0.0517. The van der Waals surface area contributed by atoms with E-state index in [9.17, 15) is 13.2 Å². The van der Waals surface area contributed by atoms with Crippen LogP contribution in [0.5, 0.6) is 0 Å². The zero-order chi connectivity index (χ0) is 17.7. The van der Waals surface area contributed by atoms with Crippen molar-refractivity contribution in [2.75, 3.05) is 11.6 Å². The van der Waals surface area contributed by atoms with E-state index < -0.39 is 9.84 Å². The molecule has 0 fully saturated rings. The number of hydrogen-bond donors (Lipinski definition) is 2. The SMILES string of the molecule is Cc1ccc(C(C)NC(=O)Nc2cccc(CS(C)(=O)=O)c2)cc1. The van der Waals surface area contributed by atoms with Crippen molar-refractivity contribution in [2.24, 2.45) is 0 Å². The number of benzene rings is 2. The van der Waals surface area contributed by atoms with Crippen LogP contribution in [0.25, 0.3) is 0 Å². The summed E-state index contributed by atoms with van der Waals surface area (Å²) in [5.41, 5.74) is 3.38. The highest BCUT2D eigenvalue weighted by Gasteiger charge is 2.10. The summed E-state index contributed by atoms with van der Waals surface area (Å²) >= 11 is 0. The van der Waals surface area contributed by atoms with E-state index in [1.165, 1.54) is 6.26 Å². The van der Waals surface area contributed by atoms with Crippen LogP contribution in [0, 0.1) is 6.92 Å². The van der Waals surface area contributed by atoms with Gasteiger partial charge in [0.05, 0.1) is 11.8 Å². The van der Waals surface area contributed by atoms with Gasteiger partial charge in [-0.3, -0.25) is 0 Å². The summed E-state index contributed by atoms with van der Waals surface area (Å²) < 4.78 is 22.7. The molecule has 24 heavy (non-hydrogen) atoms. The summed E-state index contributed by atoms with van der Waals surface area (Å²) in [6.45, 7) is 3.92. The third-order valence-electron chi connectivity index (χ3n) is 3.54. The smallest absolute Gasteiger partial charge is 0.319 e. The van der Waals surface area contributed by atoms with Gasteiger partial charge in [-0.25, -0.2) is 13.2 Å². The first-order chi connectivity index (χ1) is 11.2. The highest BCUT2D eigenvalue weighted by atomic mass is 32.2. The van der Waals surface area contributed by atoms with E-state index >= 15 is 0 Å². The first-order valence-corrected chi connectivity index (χ1v) is 9.70. The minimum Gasteiger partial charge on any atom is -0.331 e. The fourth-order valence-corrected chi connectivity index (χ4v) is 3.13. The third kappa shape index (κ3) is 5.70. The molecule has 6 heteroatoms. The Bertz CT molecular complexity index is 814. The molecule has 0 aromatic heterocycles. The van der Waals surface area contributed by atoms with Gasteiger partial charge in [-0.1, -0.05) is 42.0 Å². The first-order valence-electron chi connectivity index (χ1n) is 7.64. The fourth-order valence-electron chi connectivity index (χ4n) is 2.34. The molecular weight excluding hydrogens is 324 g/mol. The molecule has 0 spiro atoms. The number of hydrogen-bond acceptors (Lipinski definition) is 3. The Morgan fingerprint density at radius 3 is 2.42 bits per heavy atom. The third-order valence-corrected chi connectivity index (χ3v) is 4.40. The number of carbonyl (C=O) groups is 1. The molecule has 0 aliphatic rings. The van der Waals surface area contributed by atoms with Crippen molar-refractivity contribution >= 4 is 21.6 Å². The van der Waals surface area contributed by atoms with Crippen molar-refractivity contribution in [3.8, 4) is 0 Å². The average molecular weight is 346 g/mol. The predicted octanol–water partition coefficient (Wildman–Crippen LogP) is 3.42. The molecule has 0 heterocycles. The normalized spacial score (nSPS) is 12.5. The summed E-state index contributed by atoms with van der Waals surface area (Å²) in [6, 6.07) is 14.3. The number of sulfone groups is 1. The van der Waals surface area contributed by atoms with Gasteiger partial charge in [-0.2, -0.15) is 0 Å². The van der Waals surface area contributed by atoms with Gasteiger partial charge in [0.15, 0.2) is 9.84 Å². The lowest BCUT2D eigenvalue weighted by Gasteiger charge is -2.15. The van der Waals surface area contributed by atoms with Crippen LogP contribution in [0.2, 0.25) is 0 Å². The van der Waals surface area contributed by atoms with Crippen LogP contribution in [0.3, 0.4) is 0 Å². The molecule has 0 saturated carbocycles. The van der Waals surface area contributed by atoms with Crippen molar-refractivity contribution in [3.05, 3.63) is 65.2 Å². The number of nitrogens with one attached hydrogen (secondary N) is 2. The number of urea groups is 1. The van der Waals surface area contributed by atoms with Gasteiger partial charge in [0.2, 0.25) is 0 Å². The van der Waals surface area contributed by atoms with Crippen LogP contribution in [0.15, 0.2) is 48.5 Å². The van der Waals surface area contributed by atoms with E-state index in [2.05, 4.69) is 10.6 Å². The van der Waals surface area contributed by atoms with Crippen molar-refractivity contribution in [3.63, 3.8) is 0 Å². The number of anilines is 1. The second-order valence-corrected chi connectivity index (χ2v) is 8.14. The summed E-state index contributed by atoms with van der Waals surface area (Å²) in [7, 11) is -3.11. The highest BCUT2D eigenvalue weighted by molar-refractivity contribution is 7.89. The molecule has 0 radical (unpaired) electrons. The zero-order valence-electron chi connectivity index (χ0n) is 14.0. The number of aryl methyl sites for hydroxylation is 1. The molecule has 128 valence electrons. The summed E-state index contributed by atoms with van der Waals surface area (Å²) in [4.78, 5) is 12.1. The largest absolute Gasteiger partial charge is 0.331 e. The van der Waals surface area contributed by atoms with Gasteiger partial charge in [0.1, 0.15) is 0 Å². The van der Waals surface area contributed by atoms with Crippen molar-refractivity contribution in [2.45, 2.75) is 25.6 Å². The molecular formula is C18H22N2O3S. The van der Waals surface area contributed by atoms with Gasteiger partial charge >= 0.3 is 6.03 Å². The van der Waals surface area contributed by atoms with Crippen LogP contribution < -0.4 is 10.6 Å². The maximum absolute atomic E-state index is 12.1. The first kappa shape index (κ1) is 18.0. The van der Waals surface area contributed by atoms with Crippen LogP contribution in [-0.4, -0.2) is 20.7 Å². The Morgan fingerprint density at radius 2 is 1.79 bits per heavy atom. The molecule has 0 bridgehead atoms. The van der Waals surface area contributed by atoms with E-state index in [0.717, 1.165) is 11.1 Å². The van der Waals surface area contributed by atoms with Gasteiger partial charge in [-0.15, -0.1) is 0 Å². The number of amides is 2. The van der Waals surface area contributed by atoms with Gasteiger partial charge in [0, 0.05) is 11.9 Å². The van der Waals surface area contributed by atoms with E-state index in [-0.39, 0.29) is 17.8 Å². The minimum atomic E-state index is -3.11. The maximum Gasteiger partial charge on any atom is 0.319 e. The molecule has 0 saturated heterocycles. The standard InChI is InChI=1S/C18H22N2O3S/c1-13-7-9-16(10-8-13)14(2)19-18(21)20-17-6-4-5-15(11-17)12-24(3,22)23/h4-11,14H,12H2,1-3H3,(H2,19,20,21). The Morgan fingerprint density at radius 1 is 1.12 bits per heavy atom. The summed E-state index contributed by atoms with van der Waals surface area (Å²) in [5, 5.41) is 5.60. The molecule has 2 rings (SSSR count). The maximum atomic E-state index is 12.1. The van der Waals surface area contributed by atoms with Crippen molar-refractivity contribution in [1.29, 1.82) is 0 Å². The summed E-state index contributed by atoms with van der Waals surface area (Å²) in [5.74, 6) is -0.0517. The zero-order valence-corrected chi connectivity index (χ0v) is 14.9. The van der Waals surface area contributed by atoms with E-state index in [0.29, 0.717) is 11.3 Å². The average Bonchev–Trinajstić information content (AvgIpc) is 2.46. The highest BCUT2D eigenvalue weighted by Crippen LogP contribution is 2.15. The molecule has 5 nitrogen and oxygen atoms in total. The topological polar surface area (TPSA) is 75.3 Å². The van der Waals surface area contributed by atoms with Crippen molar-refractivity contribution in [1.82, 2.24) is 5.32 Å². The number of rotatable bonds is 5. The Labute approximate surface area is 143 Å². The van der Waals surface area contributed by atoms with E-state index in [1.807, 2.05) is 38.1 Å². The van der Waals surface area contributed by atoms with Crippen molar-refractivity contribution < 1.29 is 13.2 Å². The predicted molar refractivity (Wildman–Crippen MR) is 96.7 cm³/mol. The van der Waals surface area contributed by atoms with Crippen LogP contribution in [-0.2, 0) is 15.6 Å². The molecule has 2 amide bonds. The lowest BCUT2D eigenvalue weighted by Crippen LogP contribution is -2.31. The second kappa shape index (κ2) is 7.49. The lowest BCUT2D eigenvalue weighted by molar-refractivity contribution is 0.249. The monoisotopic (exact) mass is 346 g/mol. The van der Waals surface area contributed by atoms with Crippen LogP contribution >= 0.6 is 0 Å². The molecule has 0 aliphatic carbocycles. The summed E-state index contributed by atoms with van der Waals surface area (Å²) in [6.07, 6.45) is 1.18. The second-order valence-electron chi connectivity index (χ2n) is 6.00. The van der Waals surface area contributed by atoms with Crippen LogP contribution in [0.4, 0.5) is 10.5 Å². The van der Waals surface area contributed by atoms with Gasteiger partial charge in [0.25, 0.3) is 0 Å². The Hall–Kier alpha value is -2.34. The molecule has 1 atom stereocenters. The number of carbonyl (C=O) groups excluding carboxylic acids is 1. The molecule has 2 aromatic carbocycles. The molecule has 2 N–H and O–H groups in total. The van der Waals surface area contributed by atoms with E-state index in [1.54, 1.807) is 24.3 Å². The molecule has 0 aliphatic heterocycles. The quantitative estimate of drug-likeness (QED) is 0.871. The Balaban J connectivity index is 1.99. The van der Waals surface area contributed by atoms with E-state index in [4.69, 9.17) is 0 Å². The Kier molecular flexibility index (Phi) is 5.62. The lowest BCUT2D eigenvalue weighted by atomic mass is 10.1. The molecule has 2 aromatic rings. The fraction of sp³-hybridized carbons (Fsp3) is 0.278. The van der Waals surface area contributed by atoms with Gasteiger partial charge < -0.3 is 10.6 Å². The van der Waals surface area contributed by atoms with Gasteiger partial charge in [-0.05, 0) is 37.1 Å².